The highest BCUT2D eigenvalue weighted by Crippen LogP contribution is 2.24. The minimum atomic E-state index is -0.396. The van der Waals surface area contributed by atoms with Gasteiger partial charge in [0.05, 0.1) is 11.8 Å². The molecule has 0 aliphatic carbocycles. The van der Waals surface area contributed by atoms with Gasteiger partial charge in [-0.05, 0) is 38.7 Å². The fourth-order valence-corrected chi connectivity index (χ4v) is 4.20. The molecule has 2 heterocycles. The van der Waals surface area contributed by atoms with E-state index in [4.69, 9.17) is 0 Å². The number of rotatable bonds is 6. The van der Waals surface area contributed by atoms with Gasteiger partial charge in [-0.1, -0.05) is 30.3 Å². The van der Waals surface area contributed by atoms with Crippen LogP contribution in [0.4, 0.5) is 5.13 Å². The van der Waals surface area contributed by atoms with E-state index >= 15 is 0 Å². The van der Waals surface area contributed by atoms with Crippen molar-refractivity contribution >= 4 is 16.5 Å². The fourth-order valence-electron chi connectivity index (χ4n) is 3.34. The first-order valence-electron chi connectivity index (χ1n) is 8.78. The number of nitrogens with one attached hydrogen (secondary N) is 1. The van der Waals surface area contributed by atoms with E-state index in [1.54, 1.807) is 11.3 Å². The zero-order valence-electron chi connectivity index (χ0n) is 14.5. The number of nitrogens with zero attached hydrogens (tertiary/aromatic N) is 2. The molecule has 2 aromatic rings. The first kappa shape index (κ1) is 17.4. The summed E-state index contributed by atoms with van der Waals surface area (Å²) in [7, 11) is 0. The van der Waals surface area contributed by atoms with Crippen LogP contribution < -0.4 is 10.2 Å². The van der Waals surface area contributed by atoms with E-state index in [0.29, 0.717) is 12.1 Å². The van der Waals surface area contributed by atoms with E-state index in [1.807, 2.05) is 37.3 Å². The Labute approximate surface area is 148 Å². The Morgan fingerprint density at radius 2 is 2.00 bits per heavy atom. The Bertz CT molecular complexity index is 623. The van der Waals surface area contributed by atoms with Gasteiger partial charge >= 0.3 is 0 Å². The maximum atomic E-state index is 10.4. The number of aryl methyl sites for hydroxylation is 1. The highest BCUT2D eigenvalue weighted by molar-refractivity contribution is 7.13. The molecule has 3 rings (SSSR count). The second-order valence-corrected chi connectivity index (χ2v) is 7.60. The number of hydrogen-bond donors (Lipinski definition) is 2. The van der Waals surface area contributed by atoms with E-state index < -0.39 is 6.10 Å². The number of aliphatic hydroxyl groups is 1. The average molecular weight is 346 g/mol. The lowest BCUT2D eigenvalue weighted by atomic mass is 10.00. The summed E-state index contributed by atoms with van der Waals surface area (Å²) in [5, 5.41) is 17.3. The smallest absolute Gasteiger partial charge is 0.185 e. The van der Waals surface area contributed by atoms with Gasteiger partial charge in [0.1, 0.15) is 0 Å². The third kappa shape index (κ3) is 4.56. The molecule has 1 aliphatic heterocycles. The van der Waals surface area contributed by atoms with Gasteiger partial charge in [-0.25, -0.2) is 4.98 Å². The third-order valence-electron chi connectivity index (χ3n) is 4.65. The first-order chi connectivity index (χ1) is 11.6. The number of piperidine rings is 1. The zero-order valence-corrected chi connectivity index (χ0v) is 15.3. The van der Waals surface area contributed by atoms with Crippen LogP contribution in [0, 0.1) is 6.92 Å². The van der Waals surface area contributed by atoms with Crippen molar-refractivity contribution in [2.75, 3.05) is 18.0 Å². The van der Waals surface area contributed by atoms with Crippen LogP contribution in [-0.2, 0) is 0 Å². The monoisotopic (exact) mass is 345 g/mol. The number of thiazole rings is 1. The number of anilines is 1. The number of aliphatic hydroxyl groups excluding tert-OH is 1. The molecule has 1 aliphatic rings. The van der Waals surface area contributed by atoms with Crippen molar-refractivity contribution in [3.8, 4) is 0 Å². The minimum Gasteiger partial charge on any atom is -0.388 e. The normalized spacial score (nSPS) is 18.5. The summed E-state index contributed by atoms with van der Waals surface area (Å²) in [6.07, 6.45) is 2.61. The lowest BCUT2D eigenvalue weighted by Crippen LogP contribution is -2.45. The van der Waals surface area contributed by atoms with E-state index in [0.717, 1.165) is 48.7 Å². The van der Waals surface area contributed by atoms with Gasteiger partial charge in [-0.3, -0.25) is 0 Å². The lowest BCUT2D eigenvalue weighted by Gasteiger charge is -2.34. The maximum Gasteiger partial charge on any atom is 0.185 e. The molecule has 1 aromatic carbocycles. The third-order valence-corrected chi connectivity index (χ3v) is 5.67. The summed E-state index contributed by atoms with van der Waals surface area (Å²) >= 11 is 1.74. The van der Waals surface area contributed by atoms with Gasteiger partial charge in [0, 0.05) is 30.6 Å². The molecule has 0 bridgehead atoms. The summed E-state index contributed by atoms with van der Waals surface area (Å²) in [4.78, 5) is 6.97. The molecule has 0 radical (unpaired) electrons. The molecule has 130 valence electrons. The minimum absolute atomic E-state index is 0.305. The molecular weight excluding hydrogens is 318 g/mol. The quantitative estimate of drug-likeness (QED) is 0.841. The van der Waals surface area contributed by atoms with Crippen LogP contribution in [0.3, 0.4) is 0 Å². The van der Waals surface area contributed by atoms with Crippen molar-refractivity contribution in [3.63, 3.8) is 0 Å². The van der Waals surface area contributed by atoms with Crippen molar-refractivity contribution in [1.82, 2.24) is 10.3 Å². The van der Waals surface area contributed by atoms with E-state index in [9.17, 15) is 5.11 Å². The average Bonchev–Trinajstić information content (AvgIpc) is 3.02. The molecule has 1 saturated heterocycles. The van der Waals surface area contributed by atoms with Crippen LogP contribution in [0.5, 0.6) is 0 Å². The van der Waals surface area contributed by atoms with Crippen molar-refractivity contribution in [2.24, 2.45) is 0 Å². The first-order valence-corrected chi connectivity index (χ1v) is 9.66. The lowest BCUT2D eigenvalue weighted by molar-refractivity contribution is 0.150. The van der Waals surface area contributed by atoms with Crippen LogP contribution in [0.15, 0.2) is 35.7 Å². The summed E-state index contributed by atoms with van der Waals surface area (Å²) in [5.41, 5.74) is 2.11. The molecular formula is C19H27N3OS. The van der Waals surface area contributed by atoms with Gasteiger partial charge < -0.3 is 15.3 Å². The molecule has 2 atom stereocenters. The number of benzene rings is 1. The molecule has 4 nitrogen and oxygen atoms in total. The predicted molar refractivity (Wildman–Crippen MR) is 101 cm³/mol. The van der Waals surface area contributed by atoms with Crippen LogP contribution in [0.1, 0.15) is 43.5 Å². The van der Waals surface area contributed by atoms with E-state index in [-0.39, 0.29) is 0 Å². The standard InChI is InChI=1S/C19H27N3OS/c1-14(12-18(23)16-6-4-3-5-7-16)20-17-8-10-22(11-9-17)19-21-15(2)13-24-19/h3-7,13-14,17-18,20,23H,8-12H2,1-2H3. The van der Waals surface area contributed by atoms with Crippen molar-refractivity contribution in [2.45, 2.75) is 51.3 Å². The van der Waals surface area contributed by atoms with Crippen molar-refractivity contribution < 1.29 is 5.11 Å². The van der Waals surface area contributed by atoms with Crippen molar-refractivity contribution in [1.29, 1.82) is 0 Å². The van der Waals surface area contributed by atoms with Gasteiger partial charge in [-0.2, -0.15) is 0 Å². The molecule has 5 heteroatoms. The molecule has 0 saturated carbocycles. The van der Waals surface area contributed by atoms with E-state index in [1.165, 1.54) is 0 Å². The topological polar surface area (TPSA) is 48.4 Å². The fraction of sp³-hybridized carbons (Fsp3) is 0.526. The molecule has 2 unspecified atom stereocenters. The Hall–Kier alpha value is -1.43. The number of hydrogen-bond acceptors (Lipinski definition) is 5. The molecule has 0 spiro atoms. The molecule has 24 heavy (non-hydrogen) atoms. The largest absolute Gasteiger partial charge is 0.388 e. The predicted octanol–water partition coefficient (Wildman–Crippen LogP) is 3.52. The second-order valence-electron chi connectivity index (χ2n) is 6.76. The Morgan fingerprint density at radius 1 is 1.29 bits per heavy atom. The van der Waals surface area contributed by atoms with Crippen LogP contribution in [-0.4, -0.2) is 35.3 Å². The van der Waals surface area contributed by atoms with E-state index in [2.05, 4.69) is 27.5 Å². The molecule has 1 aromatic heterocycles. The summed E-state index contributed by atoms with van der Waals surface area (Å²) in [6.45, 7) is 6.33. The summed E-state index contributed by atoms with van der Waals surface area (Å²) in [5.74, 6) is 0. The molecule has 1 fully saturated rings. The van der Waals surface area contributed by atoms with Gasteiger partial charge in [-0.15, -0.1) is 11.3 Å². The molecule has 2 N–H and O–H groups in total. The van der Waals surface area contributed by atoms with Crippen molar-refractivity contribution in [3.05, 3.63) is 47.0 Å². The highest BCUT2D eigenvalue weighted by Gasteiger charge is 2.23. The maximum absolute atomic E-state index is 10.4. The van der Waals surface area contributed by atoms with Crippen LogP contribution in [0.2, 0.25) is 0 Å². The highest BCUT2D eigenvalue weighted by atomic mass is 32.1. The Kier molecular flexibility index (Phi) is 5.87. The number of aromatic nitrogens is 1. The SMILES string of the molecule is Cc1csc(N2CCC(NC(C)CC(O)c3ccccc3)CC2)n1. The summed E-state index contributed by atoms with van der Waals surface area (Å²) in [6, 6.07) is 10.8. The van der Waals surface area contributed by atoms with Gasteiger partial charge in [0.25, 0.3) is 0 Å². The zero-order chi connectivity index (χ0) is 16.9. The summed E-state index contributed by atoms with van der Waals surface area (Å²) < 4.78 is 0. The van der Waals surface area contributed by atoms with Gasteiger partial charge in [0.2, 0.25) is 0 Å². The van der Waals surface area contributed by atoms with Crippen LogP contribution >= 0.6 is 11.3 Å². The molecule has 0 amide bonds. The Balaban J connectivity index is 1.44. The van der Waals surface area contributed by atoms with Crippen LogP contribution in [0.25, 0.3) is 0 Å². The Morgan fingerprint density at radius 3 is 2.62 bits per heavy atom. The van der Waals surface area contributed by atoms with Gasteiger partial charge in [0.15, 0.2) is 5.13 Å². The second kappa shape index (κ2) is 8.10.